The van der Waals surface area contributed by atoms with Crippen molar-refractivity contribution in [3.8, 4) is 0 Å². The molecule has 0 saturated carbocycles. The lowest BCUT2D eigenvalue weighted by Crippen LogP contribution is -2.35. The molecule has 0 aliphatic carbocycles. The van der Waals surface area contributed by atoms with Gasteiger partial charge in [0.2, 0.25) is 0 Å². The lowest BCUT2D eigenvalue weighted by atomic mass is 10.1. The zero-order valence-electron chi connectivity index (χ0n) is 10.8. The molecule has 1 aromatic rings. The fourth-order valence-electron chi connectivity index (χ4n) is 1.94. The minimum Gasteiger partial charge on any atom is -0.365 e. The van der Waals surface area contributed by atoms with E-state index in [4.69, 9.17) is 0 Å². The molecule has 1 N–H and O–H groups in total. The molecule has 1 heterocycles. The molecule has 0 bridgehead atoms. The van der Waals surface area contributed by atoms with Gasteiger partial charge in [0.1, 0.15) is 0 Å². The molecule has 0 radical (unpaired) electrons. The van der Waals surface area contributed by atoms with Crippen LogP contribution in [0.4, 0.5) is 10.5 Å². The van der Waals surface area contributed by atoms with Crippen LogP contribution in [0.1, 0.15) is 11.1 Å². The Bertz CT molecular complexity index is 521. The third kappa shape index (κ3) is 3.12. The van der Waals surface area contributed by atoms with Gasteiger partial charge in [0, 0.05) is 17.6 Å². The second kappa shape index (κ2) is 5.96. The Balaban J connectivity index is 2.12. The molecule has 2 rings (SSSR count). The maximum Gasteiger partial charge on any atom is 0.290 e. The molecular weight excluding hydrogens is 328 g/mol. The number of hydrogen-bond donors (Lipinski definition) is 1. The van der Waals surface area contributed by atoms with E-state index < -0.39 is 5.37 Å². The van der Waals surface area contributed by atoms with E-state index in [2.05, 4.69) is 21.2 Å². The largest absolute Gasteiger partial charge is 0.365 e. The number of carbonyl (C=O) groups is 2. The van der Waals surface area contributed by atoms with E-state index in [1.165, 1.54) is 10.5 Å². The zero-order valence-corrected chi connectivity index (χ0v) is 13.2. The van der Waals surface area contributed by atoms with Crippen LogP contribution in [0.5, 0.6) is 0 Å². The highest BCUT2D eigenvalue weighted by molar-refractivity contribution is 9.09. The molecule has 1 fully saturated rings. The van der Waals surface area contributed by atoms with Gasteiger partial charge >= 0.3 is 0 Å². The summed E-state index contributed by atoms with van der Waals surface area (Å²) in [7, 11) is 0. The number of rotatable bonds is 4. The van der Waals surface area contributed by atoms with Crippen molar-refractivity contribution in [1.82, 2.24) is 4.90 Å². The molecule has 1 unspecified atom stereocenters. The summed E-state index contributed by atoms with van der Waals surface area (Å²) in [6.07, 6.45) is 0. The Morgan fingerprint density at radius 1 is 1.37 bits per heavy atom. The van der Waals surface area contributed by atoms with E-state index in [-0.39, 0.29) is 11.1 Å². The molecule has 0 spiro atoms. The molecule has 0 aromatic heterocycles. The molecule has 1 aromatic carbocycles. The first kappa shape index (κ1) is 14.4. The predicted molar refractivity (Wildman–Crippen MR) is 81.8 cm³/mol. The topological polar surface area (TPSA) is 49.4 Å². The first-order chi connectivity index (χ1) is 9.02. The molecule has 102 valence electrons. The van der Waals surface area contributed by atoms with Crippen molar-refractivity contribution in [3.05, 3.63) is 29.3 Å². The third-order valence-electron chi connectivity index (χ3n) is 2.91. The molecular formula is C13H15BrN2O2S. The molecule has 1 saturated heterocycles. The highest BCUT2D eigenvalue weighted by atomic mass is 79.9. The summed E-state index contributed by atoms with van der Waals surface area (Å²) in [5, 5.41) is 3.03. The van der Waals surface area contributed by atoms with Crippen LogP contribution in [-0.4, -0.2) is 33.3 Å². The normalized spacial score (nSPS) is 19.1. The number of imide groups is 1. The van der Waals surface area contributed by atoms with Gasteiger partial charge in [-0.1, -0.05) is 33.6 Å². The third-order valence-corrected chi connectivity index (χ3v) is 4.24. The Labute approximate surface area is 125 Å². The van der Waals surface area contributed by atoms with Crippen LogP contribution in [0.3, 0.4) is 0 Å². The van der Waals surface area contributed by atoms with Gasteiger partial charge < -0.3 is 5.32 Å². The van der Waals surface area contributed by atoms with E-state index >= 15 is 0 Å². The number of nitrogens with zero attached hydrogens (tertiary/aromatic N) is 1. The van der Waals surface area contributed by atoms with E-state index in [0.29, 0.717) is 11.9 Å². The number of thioether (sulfide) groups is 1. The van der Waals surface area contributed by atoms with Crippen LogP contribution in [0.2, 0.25) is 0 Å². The Morgan fingerprint density at radius 2 is 2.11 bits per heavy atom. The van der Waals surface area contributed by atoms with E-state index in [1.54, 1.807) is 0 Å². The average molecular weight is 343 g/mol. The number of anilines is 1. The van der Waals surface area contributed by atoms with E-state index in [0.717, 1.165) is 23.0 Å². The summed E-state index contributed by atoms with van der Waals surface area (Å²) < 4.78 is 0. The van der Waals surface area contributed by atoms with Crippen LogP contribution in [0.15, 0.2) is 18.2 Å². The SMILES string of the molecule is Cc1ccc(NC2SC(=O)N(CCBr)C2=O)c(C)c1. The average Bonchev–Trinajstić information content (AvgIpc) is 2.61. The second-order valence-electron chi connectivity index (χ2n) is 4.41. The number of nitrogens with one attached hydrogen (secondary N) is 1. The monoisotopic (exact) mass is 342 g/mol. The summed E-state index contributed by atoms with van der Waals surface area (Å²) in [6.45, 7) is 4.42. The quantitative estimate of drug-likeness (QED) is 0.854. The summed E-state index contributed by atoms with van der Waals surface area (Å²) in [5.74, 6) is -0.172. The molecule has 1 atom stereocenters. The number of halogens is 1. The lowest BCUT2D eigenvalue weighted by molar-refractivity contribution is -0.125. The van der Waals surface area contributed by atoms with E-state index in [1.807, 2.05) is 32.0 Å². The number of hydrogen-bond acceptors (Lipinski definition) is 4. The van der Waals surface area contributed by atoms with Crippen LogP contribution >= 0.6 is 27.7 Å². The van der Waals surface area contributed by atoms with Crippen molar-refractivity contribution < 1.29 is 9.59 Å². The molecule has 6 heteroatoms. The molecule has 4 nitrogen and oxygen atoms in total. The molecule has 1 aliphatic heterocycles. The first-order valence-electron chi connectivity index (χ1n) is 5.94. The Morgan fingerprint density at radius 3 is 2.74 bits per heavy atom. The predicted octanol–water partition coefficient (Wildman–Crippen LogP) is 3.13. The van der Waals surface area contributed by atoms with E-state index in [9.17, 15) is 9.59 Å². The Kier molecular flexibility index (Phi) is 4.52. The fraction of sp³-hybridized carbons (Fsp3) is 0.385. The minimum absolute atomic E-state index is 0.172. The van der Waals surface area contributed by atoms with Gasteiger partial charge in [0.25, 0.3) is 11.1 Å². The summed E-state index contributed by atoms with van der Waals surface area (Å²) in [4.78, 5) is 25.1. The standard InChI is InChI=1S/C13H15BrN2O2S/c1-8-3-4-10(9(2)7-8)15-11-12(17)16(6-5-14)13(18)19-11/h3-4,7,11,15H,5-6H2,1-2H3. The number of carbonyl (C=O) groups excluding carboxylic acids is 2. The fourth-order valence-corrected chi connectivity index (χ4v) is 3.22. The molecule has 1 aliphatic rings. The summed E-state index contributed by atoms with van der Waals surface area (Å²) >= 11 is 4.28. The number of benzene rings is 1. The lowest BCUT2D eigenvalue weighted by Gasteiger charge is -2.15. The van der Waals surface area contributed by atoms with Gasteiger partial charge in [-0.3, -0.25) is 14.5 Å². The van der Waals surface area contributed by atoms with Gasteiger partial charge in [-0.25, -0.2) is 0 Å². The highest BCUT2D eigenvalue weighted by Crippen LogP contribution is 2.29. The summed E-state index contributed by atoms with van der Waals surface area (Å²) in [6, 6.07) is 5.97. The van der Waals surface area contributed by atoms with Crippen LogP contribution in [-0.2, 0) is 4.79 Å². The van der Waals surface area contributed by atoms with Crippen LogP contribution < -0.4 is 5.32 Å². The number of aryl methyl sites for hydroxylation is 2. The minimum atomic E-state index is -0.520. The van der Waals surface area contributed by atoms with Crippen LogP contribution in [0, 0.1) is 13.8 Å². The van der Waals surface area contributed by atoms with Gasteiger partial charge in [0.05, 0.1) is 0 Å². The second-order valence-corrected chi connectivity index (χ2v) is 6.25. The van der Waals surface area contributed by atoms with Gasteiger partial charge in [-0.05, 0) is 37.2 Å². The van der Waals surface area contributed by atoms with Gasteiger partial charge in [0.15, 0.2) is 5.37 Å². The number of amides is 2. The number of alkyl halides is 1. The Hall–Kier alpha value is -1.01. The molecule has 19 heavy (non-hydrogen) atoms. The van der Waals surface area contributed by atoms with Crippen molar-refractivity contribution in [2.24, 2.45) is 0 Å². The smallest absolute Gasteiger partial charge is 0.290 e. The molecule has 2 amide bonds. The van der Waals surface area contributed by atoms with Crippen molar-refractivity contribution in [2.45, 2.75) is 19.2 Å². The maximum atomic E-state index is 12.1. The van der Waals surface area contributed by atoms with Crippen molar-refractivity contribution in [2.75, 3.05) is 17.2 Å². The van der Waals surface area contributed by atoms with Crippen molar-refractivity contribution in [3.63, 3.8) is 0 Å². The first-order valence-corrected chi connectivity index (χ1v) is 7.95. The van der Waals surface area contributed by atoms with Gasteiger partial charge in [-0.15, -0.1) is 0 Å². The van der Waals surface area contributed by atoms with Crippen LogP contribution in [0.25, 0.3) is 0 Å². The van der Waals surface area contributed by atoms with Crippen molar-refractivity contribution in [1.29, 1.82) is 0 Å². The zero-order chi connectivity index (χ0) is 14.0. The summed E-state index contributed by atoms with van der Waals surface area (Å²) in [5.41, 5.74) is 3.13. The maximum absolute atomic E-state index is 12.1. The van der Waals surface area contributed by atoms with Crippen molar-refractivity contribution >= 4 is 44.5 Å². The highest BCUT2D eigenvalue weighted by Gasteiger charge is 2.39. The van der Waals surface area contributed by atoms with Gasteiger partial charge in [-0.2, -0.15) is 0 Å².